The molecule has 0 aliphatic carbocycles. The van der Waals surface area contributed by atoms with Crippen molar-refractivity contribution in [1.29, 1.82) is 0 Å². The van der Waals surface area contributed by atoms with Crippen molar-refractivity contribution in [1.82, 2.24) is 20.7 Å². The standard InChI is InChI=1S/C27H28F2N4O.C2H6.H2/c1-17(2)33-16-21(15-32-33)26-13-24(8-9-30-26)34-27-7-5-6-25(18(27)3)19(4)31-14-20-10-22(28)12-23(29)11-20;1-2;/h5-13,16-17,31-32H,4,14-15H2,1-3H3;1-2H3;1H. The van der Waals surface area contributed by atoms with Crippen molar-refractivity contribution in [3.8, 4) is 11.5 Å². The Hall–Kier alpha value is -3.71. The van der Waals surface area contributed by atoms with Crippen molar-refractivity contribution in [2.45, 2.75) is 47.2 Å². The molecule has 0 amide bonds. The first-order valence-electron chi connectivity index (χ1n) is 12.1. The van der Waals surface area contributed by atoms with Crippen LogP contribution >= 0.6 is 0 Å². The minimum atomic E-state index is -0.605. The minimum Gasteiger partial charge on any atom is -0.457 e. The number of rotatable bonds is 8. The number of aromatic nitrogens is 1. The van der Waals surface area contributed by atoms with E-state index in [0.717, 1.165) is 28.5 Å². The lowest BCUT2D eigenvalue weighted by atomic mass is 10.0. The SMILES string of the molecule is C=C(NCc1cc(F)cc(F)c1)c1cccc(Oc2ccnc(C3=CN(C(C)C)NC3)c2)c1C.CC.[HH]. The molecule has 3 aromatic rings. The van der Waals surface area contributed by atoms with E-state index in [4.69, 9.17) is 4.74 Å². The van der Waals surface area contributed by atoms with Crippen LogP contribution in [0, 0.1) is 18.6 Å². The molecule has 2 aromatic carbocycles. The largest absolute Gasteiger partial charge is 0.457 e. The highest BCUT2D eigenvalue weighted by Crippen LogP contribution is 2.31. The molecule has 1 aliphatic rings. The molecule has 0 fully saturated rings. The number of benzene rings is 2. The van der Waals surface area contributed by atoms with E-state index in [1.807, 2.05) is 51.1 Å². The van der Waals surface area contributed by atoms with Crippen LogP contribution in [-0.4, -0.2) is 22.6 Å². The second-order valence-corrected chi connectivity index (χ2v) is 8.51. The van der Waals surface area contributed by atoms with Crippen LogP contribution in [0.1, 0.15) is 51.5 Å². The minimum absolute atomic E-state index is 0. The van der Waals surface area contributed by atoms with E-state index in [1.54, 1.807) is 6.20 Å². The Kier molecular flexibility index (Phi) is 9.19. The highest BCUT2D eigenvalue weighted by Gasteiger charge is 2.17. The van der Waals surface area contributed by atoms with Gasteiger partial charge in [0, 0.05) is 67.5 Å². The van der Waals surface area contributed by atoms with E-state index in [1.165, 1.54) is 12.1 Å². The molecule has 1 aromatic heterocycles. The third kappa shape index (κ3) is 6.70. The van der Waals surface area contributed by atoms with Gasteiger partial charge < -0.3 is 15.1 Å². The highest BCUT2D eigenvalue weighted by molar-refractivity contribution is 5.68. The summed E-state index contributed by atoms with van der Waals surface area (Å²) in [6.07, 6.45) is 3.81. The van der Waals surface area contributed by atoms with E-state index in [0.29, 0.717) is 35.3 Å². The fourth-order valence-corrected chi connectivity index (χ4v) is 3.77. The van der Waals surface area contributed by atoms with Crippen LogP contribution in [0.25, 0.3) is 11.3 Å². The Bertz CT molecular complexity index is 1230. The number of nitrogens with zero attached hydrogens (tertiary/aromatic N) is 2. The van der Waals surface area contributed by atoms with Gasteiger partial charge in [-0.3, -0.25) is 4.98 Å². The first kappa shape index (κ1) is 26.9. The number of nitrogens with one attached hydrogen (secondary N) is 2. The zero-order chi connectivity index (χ0) is 26.2. The Labute approximate surface area is 214 Å². The molecule has 2 heterocycles. The Morgan fingerprint density at radius 2 is 1.89 bits per heavy atom. The fraction of sp³-hybridized carbons (Fsp3) is 0.276. The molecule has 1 aliphatic heterocycles. The predicted molar refractivity (Wildman–Crippen MR) is 144 cm³/mol. The maximum Gasteiger partial charge on any atom is 0.131 e. The van der Waals surface area contributed by atoms with Gasteiger partial charge in [-0.1, -0.05) is 32.6 Å². The molecule has 0 radical (unpaired) electrons. The lowest BCUT2D eigenvalue weighted by Gasteiger charge is -2.19. The van der Waals surface area contributed by atoms with E-state index in [-0.39, 0.29) is 7.97 Å². The van der Waals surface area contributed by atoms with Crippen LogP contribution in [0.3, 0.4) is 0 Å². The summed E-state index contributed by atoms with van der Waals surface area (Å²) in [5, 5.41) is 5.21. The summed E-state index contributed by atoms with van der Waals surface area (Å²) in [6.45, 7) is 15.3. The summed E-state index contributed by atoms with van der Waals surface area (Å²) in [7, 11) is 0. The zero-order valence-electron chi connectivity index (χ0n) is 21.5. The van der Waals surface area contributed by atoms with Crippen LogP contribution in [0.2, 0.25) is 0 Å². The summed E-state index contributed by atoms with van der Waals surface area (Å²) in [5.41, 5.74) is 8.18. The molecule has 2 N–H and O–H groups in total. The van der Waals surface area contributed by atoms with Crippen molar-refractivity contribution in [2.24, 2.45) is 0 Å². The van der Waals surface area contributed by atoms with Crippen LogP contribution < -0.4 is 15.5 Å². The molecular formula is C29H36F2N4O. The molecular weight excluding hydrogens is 458 g/mol. The number of halogens is 2. The summed E-state index contributed by atoms with van der Waals surface area (Å²) >= 11 is 0. The van der Waals surface area contributed by atoms with Gasteiger partial charge in [-0.25, -0.2) is 14.2 Å². The van der Waals surface area contributed by atoms with Gasteiger partial charge >= 0.3 is 0 Å². The van der Waals surface area contributed by atoms with E-state index >= 15 is 0 Å². The van der Waals surface area contributed by atoms with Gasteiger partial charge in [-0.15, -0.1) is 0 Å². The van der Waals surface area contributed by atoms with Crippen molar-refractivity contribution < 1.29 is 14.9 Å². The average molecular weight is 495 g/mol. The monoisotopic (exact) mass is 494 g/mol. The van der Waals surface area contributed by atoms with Gasteiger partial charge in [-0.05, 0) is 50.6 Å². The third-order valence-electron chi connectivity index (χ3n) is 5.63. The quantitative estimate of drug-likeness (QED) is 0.351. The lowest BCUT2D eigenvalue weighted by Crippen LogP contribution is -2.34. The van der Waals surface area contributed by atoms with Crippen molar-refractivity contribution in [3.63, 3.8) is 0 Å². The molecule has 0 saturated carbocycles. The number of hydrogen-bond acceptors (Lipinski definition) is 5. The van der Waals surface area contributed by atoms with Crippen LogP contribution in [0.5, 0.6) is 11.5 Å². The topological polar surface area (TPSA) is 49.4 Å². The van der Waals surface area contributed by atoms with E-state index < -0.39 is 11.6 Å². The van der Waals surface area contributed by atoms with Gasteiger partial charge in [-0.2, -0.15) is 0 Å². The van der Waals surface area contributed by atoms with Gasteiger partial charge in [0.2, 0.25) is 0 Å². The molecule has 0 atom stereocenters. The fourth-order valence-electron chi connectivity index (χ4n) is 3.77. The zero-order valence-corrected chi connectivity index (χ0v) is 21.5. The lowest BCUT2D eigenvalue weighted by molar-refractivity contribution is 0.250. The molecule has 0 bridgehead atoms. The normalized spacial score (nSPS) is 12.7. The first-order chi connectivity index (χ1) is 17.3. The summed E-state index contributed by atoms with van der Waals surface area (Å²) < 4.78 is 33.1. The molecule has 4 rings (SSSR count). The number of hydrogen-bond donors (Lipinski definition) is 2. The first-order valence-corrected chi connectivity index (χ1v) is 12.1. The molecule has 5 nitrogen and oxygen atoms in total. The smallest absolute Gasteiger partial charge is 0.131 e. The third-order valence-corrected chi connectivity index (χ3v) is 5.63. The average Bonchev–Trinajstić information content (AvgIpc) is 3.36. The van der Waals surface area contributed by atoms with Crippen LogP contribution in [0.15, 0.2) is 67.5 Å². The summed E-state index contributed by atoms with van der Waals surface area (Å²) in [6, 6.07) is 13.3. The van der Waals surface area contributed by atoms with Crippen LogP contribution in [-0.2, 0) is 6.54 Å². The van der Waals surface area contributed by atoms with Gasteiger partial charge in [0.25, 0.3) is 0 Å². The molecule has 0 saturated heterocycles. The molecule has 7 heteroatoms. The van der Waals surface area contributed by atoms with E-state index in [9.17, 15) is 8.78 Å². The van der Waals surface area contributed by atoms with Gasteiger partial charge in [0.15, 0.2) is 0 Å². The summed E-state index contributed by atoms with van der Waals surface area (Å²) in [5.74, 6) is 0.165. The maximum absolute atomic E-state index is 13.5. The van der Waals surface area contributed by atoms with Crippen LogP contribution in [0.4, 0.5) is 8.78 Å². The van der Waals surface area contributed by atoms with Gasteiger partial charge in [0.05, 0.1) is 5.69 Å². The second kappa shape index (κ2) is 12.3. The predicted octanol–water partition coefficient (Wildman–Crippen LogP) is 7.06. The van der Waals surface area contributed by atoms with Crippen molar-refractivity contribution in [3.05, 3.63) is 102 Å². The van der Waals surface area contributed by atoms with Crippen molar-refractivity contribution in [2.75, 3.05) is 6.54 Å². The number of ether oxygens (including phenoxy) is 1. The Balaban J connectivity index is 0.00000157. The maximum atomic E-state index is 13.5. The Morgan fingerprint density at radius 1 is 1.17 bits per heavy atom. The van der Waals surface area contributed by atoms with Gasteiger partial charge in [0.1, 0.15) is 23.1 Å². The molecule has 0 unspecified atom stereocenters. The second-order valence-electron chi connectivity index (χ2n) is 8.51. The summed E-state index contributed by atoms with van der Waals surface area (Å²) in [4.78, 5) is 4.50. The molecule has 192 valence electrons. The molecule has 0 spiro atoms. The molecule has 36 heavy (non-hydrogen) atoms. The Morgan fingerprint density at radius 3 is 2.56 bits per heavy atom. The number of pyridine rings is 1. The highest BCUT2D eigenvalue weighted by atomic mass is 19.1. The van der Waals surface area contributed by atoms with E-state index in [2.05, 4.69) is 47.4 Å². The van der Waals surface area contributed by atoms with Crippen molar-refractivity contribution >= 4 is 11.3 Å². The number of hydrazine groups is 1.